The van der Waals surface area contributed by atoms with E-state index in [1.807, 2.05) is 0 Å². The summed E-state index contributed by atoms with van der Waals surface area (Å²) in [6.07, 6.45) is 1.49. The van der Waals surface area contributed by atoms with E-state index < -0.39 is 15.6 Å². The molecule has 3 rings (SSSR count). The normalized spacial score (nSPS) is 19.4. The van der Waals surface area contributed by atoms with Crippen LogP contribution in [0.5, 0.6) is 0 Å². The van der Waals surface area contributed by atoms with Gasteiger partial charge >= 0.3 is 15.6 Å². The van der Waals surface area contributed by atoms with E-state index in [0.29, 0.717) is 18.8 Å². The summed E-state index contributed by atoms with van der Waals surface area (Å²) in [6.45, 7) is 22.1. The van der Waals surface area contributed by atoms with Crippen LogP contribution in [-0.4, -0.2) is 55.6 Å². The van der Waals surface area contributed by atoms with Gasteiger partial charge < -0.3 is 9.47 Å². The predicted molar refractivity (Wildman–Crippen MR) is 149 cm³/mol. The van der Waals surface area contributed by atoms with E-state index >= 15 is 0 Å². The summed E-state index contributed by atoms with van der Waals surface area (Å²) in [7, 11) is -5.84. The zero-order valence-electron chi connectivity index (χ0n) is 23.7. The minimum Gasteiger partial charge on any atom is -0.478 e. The van der Waals surface area contributed by atoms with Crippen molar-refractivity contribution in [1.82, 2.24) is 0 Å². The summed E-state index contributed by atoms with van der Waals surface area (Å²) in [4.78, 5) is 9.59. The van der Waals surface area contributed by atoms with Crippen LogP contribution in [-0.2, 0) is 36.7 Å². The van der Waals surface area contributed by atoms with Crippen LogP contribution >= 0.6 is 15.9 Å². The van der Waals surface area contributed by atoms with Crippen LogP contribution in [0.1, 0.15) is 61.0 Å². The van der Waals surface area contributed by atoms with Crippen molar-refractivity contribution in [3.8, 4) is 0 Å². The molecule has 0 spiro atoms. The molecule has 1 N–H and O–H groups in total. The third kappa shape index (κ3) is 11.1. The molecule has 0 amide bonds. The van der Waals surface area contributed by atoms with Crippen LogP contribution in [0.15, 0.2) is 39.2 Å². The quantitative estimate of drug-likeness (QED) is 0.154. The molecule has 0 fully saturated rings. The Hall–Kier alpha value is -1.47. The number of hydrogen-bond donors (Lipinski definition) is 1. The minimum atomic E-state index is -5.84. The molecule has 7 nitrogen and oxygen atoms in total. The Kier molecular flexibility index (Phi) is 13.6. The van der Waals surface area contributed by atoms with Crippen LogP contribution in [0.3, 0.4) is 0 Å². The fraction of sp³-hybridized carbons (Fsp3) is 0.615. The molecule has 0 saturated carbocycles. The van der Waals surface area contributed by atoms with Gasteiger partial charge in [-0.3, -0.25) is 4.55 Å². The number of rotatable bonds is 3. The summed E-state index contributed by atoms with van der Waals surface area (Å²) in [5.74, 6) is 1.27. The second kappa shape index (κ2) is 14.1. The van der Waals surface area contributed by atoms with Gasteiger partial charge in [0.25, 0.3) is 0 Å². The average Bonchev–Trinajstić information content (AvgIpc) is 3.44. The third-order valence-electron chi connectivity index (χ3n) is 5.85. The van der Waals surface area contributed by atoms with Crippen LogP contribution in [0, 0.1) is 22.1 Å². The number of ether oxygens (including phenoxy) is 2. The number of aliphatic imine (C=N–C) groups is 2. The first kappa shape index (κ1) is 38.5. The Morgan fingerprint density at radius 2 is 1.32 bits per heavy atom. The first-order valence-electron chi connectivity index (χ1n) is 11.9. The number of halogens is 5. The van der Waals surface area contributed by atoms with Crippen molar-refractivity contribution in [2.75, 3.05) is 13.2 Å². The average molecular weight is 709 g/mol. The first-order valence-corrected chi connectivity index (χ1v) is 14.2. The van der Waals surface area contributed by atoms with Crippen LogP contribution < -0.4 is 0 Å². The van der Waals surface area contributed by atoms with E-state index in [2.05, 4.69) is 77.9 Å². The third-order valence-corrected chi connectivity index (χ3v) is 6.92. The Morgan fingerprint density at radius 1 is 0.950 bits per heavy atom. The number of benzene rings is 1. The molecule has 0 saturated heterocycles. The van der Waals surface area contributed by atoms with Crippen molar-refractivity contribution in [3.05, 3.63) is 40.6 Å². The fourth-order valence-electron chi connectivity index (χ4n) is 3.08. The van der Waals surface area contributed by atoms with Crippen molar-refractivity contribution >= 4 is 43.9 Å². The minimum absolute atomic E-state index is 0. The molecule has 1 aromatic carbocycles. The van der Waals surface area contributed by atoms with Crippen LogP contribution in [0.2, 0.25) is 0 Å². The maximum Gasteiger partial charge on any atom is 0.522 e. The molecular formula is C26H37BrCuF4N2O5S. The predicted octanol–water partition coefficient (Wildman–Crippen LogP) is 7.32. The van der Waals surface area contributed by atoms with Crippen molar-refractivity contribution in [2.24, 2.45) is 26.2 Å². The van der Waals surface area contributed by atoms with Gasteiger partial charge in [-0.1, -0.05) is 76.2 Å². The molecule has 0 aliphatic carbocycles. The van der Waals surface area contributed by atoms with Gasteiger partial charge in [0.15, 0.2) is 11.8 Å². The van der Waals surface area contributed by atoms with E-state index in [4.69, 9.17) is 32.4 Å². The largest absolute Gasteiger partial charge is 0.522 e. The Morgan fingerprint density at radius 3 is 1.57 bits per heavy atom. The standard InChI is InChI=1S/C17H30N2O2.C8H6BrF.CHF3O3S.Cu/c1-15(2,3)11-9-20-13(18-11)17(7,8)14-19-12(10-21-14)16(4,5)6;1-2-6-3-4-7(9)5-8(6)10;2-1(3,4)8(5,6)7;/h11-12H,9-10H2,1-8H3;2-5H,1H2;(H,5,6,7);/t11-,12-;;;/m1.../s1. The molecule has 1 aromatic rings. The molecule has 14 heteroatoms. The zero-order chi connectivity index (χ0) is 30.6. The Labute approximate surface area is 253 Å². The topological polar surface area (TPSA) is 97.6 Å². The fourth-order valence-corrected chi connectivity index (χ4v) is 3.41. The molecule has 40 heavy (non-hydrogen) atoms. The second-order valence-electron chi connectivity index (χ2n) is 11.7. The van der Waals surface area contributed by atoms with Gasteiger partial charge in [0.05, 0.1) is 12.1 Å². The van der Waals surface area contributed by atoms with Crippen molar-refractivity contribution in [3.63, 3.8) is 0 Å². The molecule has 0 aromatic heterocycles. The van der Waals surface area contributed by atoms with Gasteiger partial charge in [-0.25, -0.2) is 14.4 Å². The van der Waals surface area contributed by atoms with Crippen molar-refractivity contribution in [2.45, 2.75) is 73.0 Å². The SMILES string of the molecule is C=Cc1ccc(Br)cc1F.CC(C)(C1=N[C@@H](C(C)(C)C)CO1)C1=N[C@@H](C(C)(C)C)CO1.O=S(=O)(O)C(F)(F)F.[Cu]. The number of hydrogen-bond acceptors (Lipinski definition) is 6. The molecule has 2 aliphatic rings. The van der Waals surface area contributed by atoms with Crippen molar-refractivity contribution < 1.29 is 57.1 Å². The summed E-state index contributed by atoms with van der Waals surface area (Å²) in [6, 6.07) is 5.27. The first-order chi connectivity index (χ1) is 17.4. The van der Waals surface area contributed by atoms with E-state index in [-0.39, 0.29) is 51.2 Å². The maximum absolute atomic E-state index is 12.7. The van der Waals surface area contributed by atoms with Gasteiger partial charge in [0, 0.05) is 27.1 Å². The van der Waals surface area contributed by atoms with E-state index in [1.165, 1.54) is 12.1 Å². The van der Waals surface area contributed by atoms with Gasteiger partial charge in [0.2, 0.25) is 0 Å². The molecule has 2 atom stereocenters. The maximum atomic E-state index is 12.7. The summed E-state index contributed by atoms with van der Waals surface area (Å²) in [5, 5.41) is 0. The number of alkyl halides is 3. The Bertz CT molecular complexity index is 1150. The molecule has 0 bridgehead atoms. The molecule has 0 unspecified atom stereocenters. The summed E-state index contributed by atoms with van der Waals surface area (Å²) < 4.78 is 82.8. The van der Waals surface area contributed by atoms with Crippen molar-refractivity contribution in [1.29, 1.82) is 0 Å². The van der Waals surface area contributed by atoms with E-state index in [1.54, 1.807) is 12.1 Å². The van der Waals surface area contributed by atoms with Crippen LogP contribution in [0.25, 0.3) is 6.08 Å². The van der Waals surface area contributed by atoms with Crippen LogP contribution in [0.4, 0.5) is 17.6 Å². The molecule has 233 valence electrons. The van der Waals surface area contributed by atoms with E-state index in [9.17, 15) is 17.6 Å². The van der Waals surface area contributed by atoms with E-state index in [0.717, 1.165) is 16.3 Å². The monoisotopic (exact) mass is 707 g/mol. The summed E-state index contributed by atoms with van der Waals surface area (Å²) >= 11 is 3.15. The van der Waals surface area contributed by atoms with Gasteiger partial charge in [-0.05, 0) is 36.8 Å². The molecular weight excluding hydrogens is 672 g/mol. The number of nitrogens with zero attached hydrogens (tertiary/aromatic N) is 2. The molecule has 2 heterocycles. The Balaban J connectivity index is 0.000000667. The summed E-state index contributed by atoms with van der Waals surface area (Å²) in [5.41, 5.74) is -5.16. The smallest absolute Gasteiger partial charge is 0.478 e. The van der Waals surface area contributed by atoms with Gasteiger partial charge in [0.1, 0.15) is 24.4 Å². The second-order valence-corrected chi connectivity index (χ2v) is 14.0. The zero-order valence-corrected chi connectivity index (χ0v) is 27.0. The van der Waals surface area contributed by atoms with Gasteiger partial charge in [-0.2, -0.15) is 21.6 Å². The molecule has 2 aliphatic heterocycles. The molecule has 1 radical (unpaired) electrons. The van der Waals surface area contributed by atoms with Gasteiger partial charge in [-0.15, -0.1) is 0 Å².